The molecule has 0 radical (unpaired) electrons. The summed E-state index contributed by atoms with van der Waals surface area (Å²) in [6.45, 7) is 5.46. The minimum absolute atomic E-state index is 0.0463. The van der Waals surface area contributed by atoms with Gasteiger partial charge < -0.3 is 19.5 Å². The fourth-order valence-electron chi connectivity index (χ4n) is 4.42. The Hall–Kier alpha value is -3.90. The van der Waals surface area contributed by atoms with Crippen LogP contribution in [0, 0.1) is 5.92 Å². The number of sulfonamides is 1. The second-order valence-electron chi connectivity index (χ2n) is 9.67. The van der Waals surface area contributed by atoms with Crippen LogP contribution in [0.15, 0.2) is 53.4 Å². The van der Waals surface area contributed by atoms with Crippen LogP contribution in [0.4, 0.5) is 10.7 Å². The summed E-state index contributed by atoms with van der Waals surface area (Å²) >= 11 is 1.33. The van der Waals surface area contributed by atoms with Crippen molar-refractivity contribution in [2.75, 3.05) is 23.8 Å². The van der Waals surface area contributed by atoms with Crippen LogP contribution in [0.25, 0.3) is 0 Å². The van der Waals surface area contributed by atoms with Crippen molar-refractivity contribution in [3.63, 3.8) is 0 Å². The first-order valence-electron chi connectivity index (χ1n) is 13.1. The van der Waals surface area contributed by atoms with Gasteiger partial charge in [0, 0.05) is 10.6 Å². The molecule has 0 bridgehead atoms. The van der Waals surface area contributed by atoms with Gasteiger partial charge in [0.2, 0.25) is 0 Å². The van der Waals surface area contributed by atoms with Crippen molar-refractivity contribution < 1.29 is 37.0 Å². The zero-order valence-corrected chi connectivity index (χ0v) is 24.8. The van der Waals surface area contributed by atoms with Gasteiger partial charge in [-0.2, -0.15) is 0 Å². The minimum atomic E-state index is -4.02. The Labute approximate surface area is 243 Å². The number of hydrogen-bond donors (Lipinski definition) is 2. The number of carbonyl (C=O) groups excluding carboxylic acids is 3. The van der Waals surface area contributed by atoms with Gasteiger partial charge in [-0.1, -0.05) is 13.0 Å². The molecule has 0 aliphatic heterocycles. The first-order valence-corrected chi connectivity index (χ1v) is 15.4. The molecule has 41 heavy (non-hydrogen) atoms. The van der Waals surface area contributed by atoms with E-state index in [1.54, 1.807) is 31.2 Å². The number of rotatable bonds is 10. The summed E-state index contributed by atoms with van der Waals surface area (Å²) in [4.78, 5) is 39.5. The van der Waals surface area contributed by atoms with E-state index in [9.17, 15) is 22.8 Å². The standard InChI is InChI=1S/C29H32N2O8S2/c1-5-38-29(34)25-23-14-9-17(2)15-24(23)40-27(25)30-26(32)18(3)39-28(33)19-7-6-8-22(16-19)41(35,36)31-20-10-12-21(37-4)13-11-20/h6-8,10-13,16-18,31H,5,9,14-15H2,1-4H3,(H,30,32)/t17-,18+/m1/s1. The Morgan fingerprint density at radius 3 is 2.51 bits per heavy atom. The second kappa shape index (κ2) is 12.7. The number of thiophene rings is 1. The number of benzene rings is 2. The molecule has 2 aromatic carbocycles. The van der Waals surface area contributed by atoms with Crippen LogP contribution in [-0.4, -0.2) is 46.1 Å². The van der Waals surface area contributed by atoms with Gasteiger partial charge in [0.05, 0.1) is 29.7 Å². The number of carbonyl (C=O) groups is 3. The maximum absolute atomic E-state index is 13.0. The SMILES string of the molecule is CCOC(=O)c1c(NC(=O)[C@H](C)OC(=O)c2cccc(S(=O)(=O)Nc3ccc(OC)cc3)c2)sc2c1CC[C@@H](C)C2. The molecule has 12 heteroatoms. The zero-order chi connectivity index (χ0) is 29.7. The van der Waals surface area contributed by atoms with Gasteiger partial charge in [-0.05, 0) is 87.1 Å². The number of esters is 2. The van der Waals surface area contributed by atoms with Crippen LogP contribution >= 0.6 is 11.3 Å². The third kappa shape index (κ3) is 7.06. The van der Waals surface area contributed by atoms with Crippen molar-refractivity contribution in [1.29, 1.82) is 0 Å². The highest BCUT2D eigenvalue weighted by Crippen LogP contribution is 2.40. The Bertz CT molecular complexity index is 1550. The van der Waals surface area contributed by atoms with Gasteiger partial charge >= 0.3 is 11.9 Å². The van der Waals surface area contributed by atoms with Gasteiger partial charge in [0.1, 0.15) is 10.8 Å². The molecule has 3 aromatic rings. The highest BCUT2D eigenvalue weighted by atomic mass is 32.2. The average Bonchev–Trinajstić information content (AvgIpc) is 3.30. The Morgan fingerprint density at radius 1 is 1.10 bits per heavy atom. The third-order valence-electron chi connectivity index (χ3n) is 6.60. The molecular weight excluding hydrogens is 568 g/mol. The first kappa shape index (κ1) is 30.1. The highest BCUT2D eigenvalue weighted by molar-refractivity contribution is 7.92. The van der Waals surface area contributed by atoms with Crippen LogP contribution in [0.1, 0.15) is 58.3 Å². The highest BCUT2D eigenvalue weighted by Gasteiger charge is 2.30. The van der Waals surface area contributed by atoms with Gasteiger partial charge in [-0.25, -0.2) is 18.0 Å². The van der Waals surface area contributed by atoms with Crippen LogP contribution in [0.2, 0.25) is 0 Å². The van der Waals surface area contributed by atoms with Crippen LogP contribution in [-0.2, 0) is 37.1 Å². The molecule has 218 valence electrons. The molecule has 1 heterocycles. The summed E-state index contributed by atoms with van der Waals surface area (Å²) in [6.07, 6.45) is 1.23. The molecule has 4 rings (SSSR count). The normalized spacial score (nSPS) is 15.3. The molecular formula is C29H32N2O8S2. The van der Waals surface area contributed by atoms with E-state index in [1.165, 1.54) is 49.6 Å². The number of hydrogen-bond acceptors (Lipinski definition) is 9. The molecule has 0 saturated carbocycles. The molecule has 2 atom stereocenters. The Kier molecular flexibility index (Phi) is 9.34. The van der Waals surface area contributed by atoms with Gasteiger partial charge in [0.25, 0.3) is 15.9 Å². The van der Waals surface area contributed by atoms with E-state index in [0.29, 0.717) is 34.3 Å². The minimum Gasteiger partial charge on any atom is -0.497 e. The van der Waals surface area contributed by atoms with Gasteiger partial charge in [0.15, 0.2) is 6.10 Å². The van der Waals surface area contributed by atoms with Crippen LogP contribution in [0.5, 0.6) is 5.75 Å². The molecule has 1 amide bonds. The molecule has 0 spiro atoms. The van der Waals surface area contributed by atoms with Gasteiger partial charge in [-0.3, -0.25) is 9.52 Å². The monoisotopic (exact) mass is 600 g/mol. The molecule has 2 N–H and O–H groups in total. The van der Waals surface area contributed by atoms with E-state index in [2.05, 4.69) is 17.0 Å². The van der Waals surface area contributed by atoms with E-state index in [0.717, 1.165) is 23.3 Å². The van der Waals surface area contributed by atoms with Crippen molar-refractivity contribution >= 4 is 49.9 Å². The first-order chi connectivity index (χ1) is 19.5. The number of methoxy groups -OCH3 is 1. The lowest BCUT2D eigenvalue weighted by atomic mass is 9.88. The lowest BCUT2D eigenvalue weighted by Gasteiger charge is -2.18. The topological polar surface area (TPSA) is 137 Å². The summed E-state index contributed by atoms with van der Waals surface area (Å²) in [5.74, 6) is -0.966. The number of nitrogens with one attached hydrogen (secondary N) is 2. The smallest absolute Gasteiger partial charge is 0.341 e. The van der Waals surface area contributed by atoms with Crippen molar-refractivity contribution in [3.8, 4) is 5.75 Å². The number of fused-ring (bicyclic) bond motifs is 1. The molecule has 0 saturated heterocycles. The number of amides is 1. The second-order valence-corrected chi connectivity index (χ2v) is 12.5. The summed E-state index contributed by atoms with van der Waals surface area (Å²) in [7, 11) is -2.51. The van der Waals surface area contributed by atoms with Crippen molar-refractivity contribution in [2.24, 2.45) is 5.92 Å². The van der Waals surface area contributed by atoms with E-state index < -0.39 is 34.0 Å². The third-order valence-corrected chi connectivity index (χ3v) is 9.15. The van der Waals surface area contributed by atoms with E-state index in [1.807, 2.05) is 0 Å². The van der Waals surface area contributed by atoms with Crippen LogP contribution in [0.3, 0.4) is 0 Å². The van der Waals surface area contributed by atoms with E-state index in [4.69, 9.17) is 14.2 Å². The Balaban J connectivity index is 1.46. The summed E-state index contributed by atoms with van der Waals surface area (Å²) in [6, 6.07) is 11.6. The number of anilines is 2. The fourth-order valence-corrected chi connectivity index (χ4v) is 6.92. The molecule has 1 aliphatic rings. The van der Waals surface area contributed by atoms with E-state index in [-0.39, 0.29) is 17.1 Å². The van der Waals surface area contributed by atoms with Crippen molar-refractivity contribution in [3.05, 3.63) is 70.1 Å². The molecule has 0 fully saturated rings. The molecule has 1 aliphatic carbocycles. The summed E-state index contributed by atoms with van der Waals surface area (Å²) in [5.41, 5.74) is 1.52. The molecule has 1 aromatic heterocycles. The largest absolute Gasteiger partial charge is 0.497 e. The molecule has 10 nitrogen and oxygen atoms in total. The lowest BCUT2D eigenvalue weighted by molar-refractivity contribution is -0.123. The van der Waals surface area contributed by atoms with Crippen molar-refractivity contribution in [2.45, 2.75) is 51.0 Å². The van der Waals surface area contributed by atoms with Crippen molar-refractivity contribution in [1.82, 2.24) is 0 Å². The van der Waals surface area contributed by atoms with Crippen LogP contribution < -0.4 is 14.8 Å². The number of ether oxygens (including phenoxy) is 3. The summed E-state index contributed by atoms with van der Waals surface area (Å²) < 4.78 is 43.9. The van der Waals surface area contributed by atoms with E-state index >= 15 is 0 Å². The predicted molar refractivity (Wildman–Crippen MR) is 155 cm³/mol. The Morgan fingerprint density at radius 2 is 1.83 bits per heavy atom. The predicted octanol–water partition coefficient (Wildman–Crippen LogP) is 5.04. The summed E-state index contributed by atoms with van der Waals surface area (Å²) in [5, 5.41) is 3.10. The quantitative estimate of drug-likeness (QED) is 0.309. The fraction of sp³-hybridized carbons (Fsp3) is 0.345. The zero-order valence-electron chi connectivity index (χ0n) is 23.2. The molecule has 0 unspecified atom stereocenters. The maximum Gasteiger partial charge on any atom is 0.341 e. The maximum atomic E-state index is 13.0. The average molecular weight is 601 g/mol. The lowest BCUT2D eigenvalue weighted by Crippen LogP contribution is -2.30. The van der Waals surface area contributed by atoms with Gasteiger partial charge in [-0.15, -0.1) is 11.3 Å².